The lowest BCUT2D eigenvalue weighted by Crippen LogP contribution is -2.44. The molecular formula is C20H33N3O3. The van der Waals surface area contributed by atoms with E-state index in [1.807, 2.05) is 12.1 Å². The minimum atomic E-state index is 0.0166. The summed E-state index contributed by atoms with van der Waals surface area (Å²) in [6.07, 6.45) is 2.75. The van der Waals surface area contributed by atoms with Gasteiger partial charge in [0.2, 0.25) is 0 Å². The molecule has 3 N–H and O–H groups in total. The first-order valence-corrected chi connectivity index (χ1v) is 9.39. The zero-order valence-corrected chi connectivity index (χ0v) is 16.3. The molecule has 2 rings (SSSR count). The number of nitrogens with one attached hydrogen (secondary N) is 2. The first kappa shape index (κ1) is 20.5. The van der Waals surface area contributed by atoms with Crippen LogP contribution in [0.4, 0.5) is 0 Å². The van der Waals surface area contributed by atoms with Gasteiger partial charge in [-0.05, 0) is 42.9 Å². The van der Waals surface area contributed by atoms with Crippen LogP contribution >= 0.6 is 0 Å². The topological polar surface area (TPSA) is 75.1 Å². The van der Waals surface area contributed by atoms with E-state index < -0.39 is 0 Å². The van der Waals surface area contributed by atoms with E-state index in [2.05, 4.69) is 34.7 Å². The smallest absolute Gasteiger partial charge is 0.190 e. The summed E-state index contributed by atoms with van der Waals surface area (Å²) >= 11 is 0. The molecule has 0 radical (unpaired) electrons. The van der Waals surface area contributed by atoms with Crippen LogP contribution in [0, 0.1) is 5.41 Å². The van der Waals surface area contributed by atoms with Crippen molar-refractivity contribution in [2.45, 2.75) is 32.1 Å². The number of hydrogen-bond acceptors (Lipinski definition) is 4. The molecule has 1 heterocycles. The second-order valence-electron chi connectivity index (χ2n) is 7.09. The van der Waals surface area contributed by atoms with Crippen molar-refractivity contribution >= 4 is 5.96 Å². The Balaban J connectivity index is 1.75. The number of nitrogens with zero attached hydrogens (tertiary/aromatic N) is 1. The highest BCUT2D eigenvalue weighted by atomic mass is 16.5. The van der Waals surface area contributed by atoms with Crippen molar-refractivity contribution in [3.8, 4) is 5.75 Å². The van der Waals surface area contributed by atoms with E-state index in [1.54, 1.807) is 14.2 Å². The number of guanidine groups is 1. The maximum Gasteiger partial charge on any atom is 0.190 e. The van der Waals surface area contributed by atoms with Gasteiger partial charge in [0.25, 0.3) is 0 Å². The normalized spacial score (nSPS) is 21.5. The van der Waals surface area contributed by atoms with E-state index in [1.165, 1.54) is 5.56 Å². The highest BCUT2D eigenvalue weighted by molar-refractivity contribution is 5.79. The fourth-order valence-electron chi connectivity index (χ4n) is 3.31. The Morgan fingerprint density at radius 1 is 1.35 bits per heavy atom. The summed E-state index contributed by atoms with van der Waals surface area (Å²) in [5.41, 5.74) is 1.32. The average Bonchev–Trinajstić information content (AvgIpc) is 3.13. The molecule has 146 valence electrons. The zero-order valence-electron chi connectivity index (χ0n) is 16.3. The lowest BCUT2D eigenvalue weighted by Gasteiger charge is -2.27. The van der Waals surface area contributed by atoms with Crippen LogP contribution in [-0.4, -0.2) is 58.1 Å². The van der Waals surface area contributed by atoms with Crippen LogP contribution in [0.2, 0.25) is 0 Å². The highest BCUT2D eigenvalue weighted by Crippen LogP contribution is 2.31. The third-order valence-corrected chi connectivity index (χ3v) is 5.24. The molecule has 0 aromatic heterocycles. The number of rotatable bonds is 9. The first-order chi connectivity index (χ1) is 12.6. The maximum absolute atomic E-state index is 9.32. The van der Waals surface area contributed by atoms with E-state index in [-0.39, 0.29) is 12.0 Å². The molecule has 2 unspecified atom stereocenters. The molecule has 1 fully saturated rings. The predicted octanol–water partition coefficient (Wildman–Crippen LogP) is 2.14. The Bertz CT molecular complexity index is 554. The van der Waals surface area contributed by atoms with Crippen LogP contribution in [0.15, 0.2) is 29.3 Å². The molecule has 0 bridgehead atoms. The van der Waals surface area contributed by atoms with Crippen LogP contribution in [0.25, 0.3) is 0 Å². The van der Waals surface area contributed by atoms with E-state index in [0.29, 0.717) is 12.5 Å². The second kappa shape index (κ2) is 10.4. The largest absolute Gasteiger partial charge is 0.497 e. The predicted molar refractivity (Wildman–Crippen MR) is 105 cm³/mol. The van der Waals surface area contributed by atoms with Crippen LogP contribution in [-0.2, 0) is 4.74 Å². The summed E-state index contributed by atoms with van der Waals surface area (Å²) < 4.78 is 10.7. The Morgan fingerprint density at radius 2 is 2.12 bits per heavy atom. The van der Waals surface area contributed by atoms with Gasteiger partial charge >= 0.3 is 0 Å². The fourth-order valence-corrected chi connectivity index (χ4v) is 3.31. The number of aliphatic hydroxyl groups is 1. The summed E-state index contributed by atoms with van der Waals surface area (Å²) in [5.74, 6) is 2.14. The molecule has 26 heavy (non-hydrogen) atoms. The molecule has 6 nitrogen and oxygen atoms in total. The molecule has 0 aliphatic carbocycles. The van der Waals surface area contributed by atoms with E-state index >= 15 is 0 Å². The molecular weight excluding hydrogens is 330 g/mol. The first-order valence-electron chi connectivity index (χ1n) is 9.39. The third-order valence-electron chi connectivity index (χ3n) is 5.24. The van der Waals surface area contributed by atoms with Crippen molar-refractivity contribution in [2.24, 2.45) is 10.4 Å². The van der Waals surface area contributed by atoms with Gasteiger partial charge in [0.15, 0.2) is 5.96 Å². The molecule has 2 atom stereocenters. The van der Waals surface area contributed by atoms with Crippen molar-refractivity contribution in [3.63, 3.8) is 0 Å². The minimum Gasteiger partial charge on any atom is -0.497 e. The van der Waals surface area contributed by atoms with Crippen molar-refractivity contribution in [3.05, 3.63) is 29.8 Å². The maximum atomic E-state index is 9.32. The zero-order chi connectivity index (χ0) is 18.8. The quantitative estimate of drug-likeness (QED) is 0.463. The van der Waals surface area contributed by atoms with Crippen LogP contribution in [0.3, 0.4) is 0 Å². The van der Waals surface area contributed by atoms with E-state index in [0.717, 1.165) is 50.7 Å². The molecule has 1 aliphatic rings. The van der Waals surface area contributed by atoms with Crippen LogP contribution in [0.1, 0.15) is 37.7 Å². The summed E-state index contributed by atoms with van der Waals surface area (Å²) in [6.45, 7) is 5.50. The van der Waals surface area contributed by atoms with Crippen molar-refractivity contribution in [1.82, 2.24) is 10.6 Å². The van der Waals surface area contributed by atoms with Crippen molar-refractivity contribution in [2.75, 3.05) is 47.1 Å². The standard InChI is InChI=1S/C20H33N3O3/c1-16(17-4-6-18(25-3)7-5-17)8-11-22-19(21-2)23-14-20(9-12-24)10-13-26-15-20/h4-7,16,24H,8-15H2,1-3H3,(H2,21,22,23). The highest BCUT2D eigenvalue weighted by Gasteiger charge is 2.34. The number of methoxy groups -OCH3 is 1. The van der Waals surface area contributed by atoms with Crippen molar-refractivity contribution in [1.29, 1.82) is 0 Å². The Morgan fingerprint density at radius 3 is 2.69 bits per heavy atom. The third kappa shape index (κ3) is 5.88. The van der Waals surface area contributed by atoms with Crippen LogP contribution < -0.4 is 15.4 Å². The Kier molecular flexibility index (Phi) is 8.19. The van der Waals surface area contributed by atoms with Crippen molar-refractivity contribution < 1.29 is 14.6 Å². The Hall–Kier alpha value is -1.79. The molecule has 6 heteroatoms. The van der Waals surface area contributed by atoms with Gasteiger partial charge in [-0.25, -0.2) is 0 Å². The van der Waals surface area contributed by atoms with E-state index in [4.69, 9.17) is 9.47 Å². The Labute approximate surface area is 157 Å². The van der Waals surface area contributed by atoms with Gasteiger partial charge in [0.1, 0.15) is 5.75 Å². The molecule has 0 saturated carbocycles. The summed E-state index contributed by atoms with van der Waals surface area (Å²) in [4.78, 5) is 4.31. The number of benzene rings is 1. The van der Waals surface area contributed by atoms with Gasteiger partial charge in [-0.1, -0.05) is 19.1 Å². The minimum absolute atomic E-state index is 0.0166. The number of hydrogen-bond donors (Lipinski definition) is 3. The van der Waals surface area contributed by atoms with Gasteiger partial charge in [0.05, 0.1) is 13.7 Å². The molecule has 0 amide bonds. The fraction of sp³-hybridized carbons (Fsp3) is 0.650. The number of aliphatic hydroxyl groups excluding tert-OH is 1. The summed E-state index contributed by atoms with van der Waals surface area (Å²) in [7, 11) is 3.47. The molecule has 1 aliphatic heterocycles. The van der Waals surface area contributed by atoms with Gasteiger partial charge in [-0.3, -0.25) is 4.99 Å². The van der Waals surface area contributed by atoms with Gasteiger partial charge in [0, 0.05) is 38.8 Å². The summed E-state index contributed by atoms with van der Waals surface area (Å²) in [6, 6.07) is 8.25. The van der Waals surface area contributed by atoms with Crippen LogP contribution in [0.5, 0.6) is 5.75 Å². The lowest BCUT2D eigenvalue weighted by atomic mass is 9.84. The molecule has 1 aromatic rings. The SMILES string of the molecule is CN=C(NCCC(C)c1ccc(OC)cc1)NCC1(CCO)CCOC1. The van der Waals surface area contributed by atoms with Gasteiger partial charge < -0.3 is 25.2 Å². The number of ether oxygens (including phenoxy) is 2. The van der Waals surface area contributed by atoms with E-state index in [9.17, 15) is 5.11 Å². The second-order valence-corrected chi connectivity index (χ2v) is 7.09. The molecule has 1 aromatic carbocycles. The molecule has 0 spiro atoms. The monoisotopic (exact) mass is 363 g/mol. The van der Waals surface area contributed by atoms with Gasteiger partial charge in [-0.2, -0.15) is 0 Å². The molecule has 1 saturated heterocycles. The average molecular weight is 364 g/mol. The number of aliphatic imine (C=N–C) groups is 1. The summed E-state index contributed by atoms with van der Waals surface area (Å²) in [5, 5.41) is 16.1. The van der Waals surface area contributed by atoms with Gasteiger partial charge in [-0.15, -0.1) is 0 Å². The lowest BCUT2D eigenvalue weighted by molar-refractivity contribution is 0.127.